The lowest BCUT2D eigenvalue weighted by Crippen LogP contribution is -1.94. The summed E-state index contributed by atoms with van der Waals surface area (Å²) in [6, 6.07) is 38.9. The smallest absolute Gasteiger partial charge is 0.217 e. The van der Waals surface area contributed by atoms with Crippen LogP contribution in [0.25, 0.3) is 27.1 Å². The van der Waals surface area contributed by atoms with Gasteiger partial charge < -0.3 is 0 Å². The Morgan fingerprint density at radius 2 is 1.10 bits per heavy atom. The molecule has 31 heavy (non-hydrogen) atoms. The largest absolute Gasteiger partial charge is 0.282 e. The lowest BCUT2D eigenvalue weighted by atomic mass is 9.98. The van der Waals surface area contributed by atoms with E-state index in [4.69, 9.17) is 0 Å². The highest BCUT2D eigenvalue weighted by atomic mass is 32.2. The Morgan fingerprint density at radius 1 is 0.581 bits per heavy atom. The average molecular weight is 417 g/mol. The SMILES string of the molecule is O=C(C=C(c1ccccc1)c1ccccc1)Sc1cc2ccccc2c2ccccc12. The van der Waals surface area contributed by atoms with Crippen molar-refractivity contribution in [3.63, 3.8) is 0 Å². The summed E-state index contributed by atoms with van der Waals surface area (Å²) >= 11 is 1.29. The number of thioether (sulfide) groups is 1. The van der Waals surface area contributed by atoms with Crippen LogP contribution in [0.3, 0.4) is 0 Å². The van der Waals surface area contributed by atoms with E-state index in [0.29, 0.717) is 0 Å². The molecule has 0 aliphatic rings. The third-order valence-electron chi connectivity index (χ3n) is 5.37. The molecule has 2 heteroatoms. The Bertz CT molecular complexity index is 1360. The molecule has 5 aromatic carbocycles. The molecule has 0 saturated heterocycles. The molecule has 5 rings (SSSR count). The predicted octanol–water partition coefficient (Wildman–Crippen LogP) is 7.74. The number of rotatable bonds is 4. The maximum absolute atomic E-state index is 13.2. The van der Waals surface area contributed by atoms with Gasteiger partial charge in [0.2, 0.25) is 5.12 Å². The topological polar surface area (TPSA) is 17.1 Å². The number of hydrogen-bond acceptors (Lipinski definition) is 2. The molecule has 0 heterocycles. The molecule has 0 radical (unpaired) electrons. The summed E-state index contributed by atoms with van der Waals surface area (Å²) in [4.78, 5) is 14.2. The Hall–Kier alpha value is -3.62. The summed E-state index contributed by atoms with van der Waals surface area (Å²) in [5.41, 5.74) is 3.00. The van der Waals surface area contributed by atoms with Crippen molar-refractivity contribution in [1.82, 2.24) is 0 Å². The van der Waals surface area contributed by atoms with E-state index in [1.54, 1.807) is 6.08 Å². The molecule has 0 bridgehead atoms. The first-order valence-corrected chi connectivity index (χ1v) is 11.1. The zero-order valence-corrected chi connectivity index (χ0v) is 17.7. The molecular formula is C29H20OS. The van der Waals surface area contributed by atoms with Crippen LogP contribution in [-0.4, -0.2) is 5.12 Å². The number of benzene rings is 5. The van der Waals surface area contributed by atoms with Crippen molar-refractivity contribution in [2.75, 3.05) is 0 Å². The van der Waals surface area contributed by atoms with Crippen LogP contribution >= 0.6 is 11.8 Å². The average Bonchev–Trinajstić information content (AvgIpc) is 2.84. The quantitative estimate of drug-likeness (QED) is 0.169. The van der Waals surface area contributed by atoms with Gasteiger partial charge in [0.25, 0.3) is 0 Å². The standard InChI is InChI=1S/C29H20OS/c30-29(20-27(21-11-3-1-4-12-21)22-13-5-2-6-14-22)31-28-19-23-15-7-8-16-24(23)25-17-9-10-18-26(25)28/h1-20H. The second-order valence-electron chi connectivity index (χ2n) is 7.35. The van der Waals surface area contributed by atoms with E-state index < -0.39 is 0 Å². The Kier molecular flexibility index (Phi) is 5.39. The van der Waals surface area contributed by atoms with E-state index >= 15 is 0 Å². The lowest BCUT2D eigenvalue weighted by molar-refractivity contribution is -0.107. The maximum Gasteiger partial charge on any atom is 0.217 e. The fourth-order valence-electron chi connectivity index (χ4n) is 3.93. The van der Waals surface area contributed by atoms with E-state index in [9.17, 15) is 4.79 Å². The minimum atomic E-state index is 0.0168. The van der Waals surface area contributed by atoms with Gasteiger partial charge in [-0.3, -0.25) is 4.79 Å². The third kappa shape index (κ3) is 4.03. The van der Waals surface area contributed by atoms with E-state index in [0.717, 1.165) is 32.4 Å². The Morgan fingerprint density at radius 3 is 1.74 bits per heavy atom. The van der Waals surface area contributed by atoms with Gasteiger partial charge in [0, 0.05) is 11.0 Å². The van der Waals surface area contributed by atoms with Gasteiger partial charge in [-0.1, -0.05) is 109 Å². The van der Waals surface area contributed by atoms with Gasteiger partial charge in [-0.15, -0.1) is 0 Å². The van der Waals surface area contributed by atoms with Crippen LogP contribution < -0.4 is 0 Å². The summed E-state index contributed by atoms with van der Waals surface area (Å²) in [5.74, 6) is 0. The van der Waals surface area contributed by atoms with Crippen molar-refractivity contribution in [2.45, 2.75) is 4.90 Å². The molecule has 0 unspecified atom stereocenters. The van der Waals surface area contributed by atoms with E-state index in [2.05, 4.69) is 36.4 Å². The van der Waals surface area contributed by atoms with Gasteiger partial charge in [0.05, 0.1) is 0 Å². The number of carbonyl (C=O) groups is 1. The van der Waals surface area contributed by atoms with Crippen molar-refractivity contribution in [1.29, 1.82) is 0 Å². The summed E-state index contributed by atoms with van der Waals surface area (Å²) in [6.45, 7) is 0. The first-order chi connectivity index (χ1) is 15.3. The van der Waals surface area contributed by atoms with Crippen molar-refractivity contribution >= 4 is 44.0 Å². The summed E-state index contributed by atoms with van der Waals surface area (Å²) in [5, 5.41) is 4.65. The zero-order chi connectivity index (χ0) is 21.0. The molecule has 0 saturated carbocycles. The molecule has 0 aromatic heterocycles. The Labute approximate surface area is 186 Å². The van der Waals surface area contributed by atoms with E-state index in [1.165, 1.54) is 22.5 Å². The van der Waals surface area contributed by atoms with Crippen LogP contribution in [0.4, 0.5) is 0 Å². The normalized spacial score (nSPS) is 10.8. The number of fused-ring (bicyclic) bond motifs is 3. The molecule has 0 N–H and O–H groups in total. The molecule has 1 nitrogen and oxygen atoms in total. The van der Waals surface area contributed by atoms with Crippen LogP contribution in [0.15, 0.2) is 126 Å². The van der Waals surface area contributed by atoms with Crippen LogP contribution in [0.5, 0.6) is 0 Å². The number of hydrogen-bond donors (Lipinski definition) is 0. The van der Waals surface area contributed by atoms with E-state index in [-0.39, 0.29) is 5.12 Å². The second-order valence-corrected chi connectivity index (χ2v) is 8.40. The lowest BCUT2D eigenvalue weighted by Gasteiger charge is -2.10. The number of carbonyl (C=O) groups excluding carboxylic acids is 1. The first kappa shape index (κ1) is 19.3. The monoisotopic (exact) mass is 416 g/mol. The minimum Gasteiger partial charge on any atom is -0.282 e. The van der Waals surface area contributed by atoms with Gasteiger partial charge in [-0.05, 0) is 56.1 Å². The summed E-state index contributed by atoms with van der Waals surface area (Å²) < 4.78 is 0. The molecule has 0 aliphatic carbocycles. The van der Waals surface area contributed by atoms with Crippen LogP contribution in [-0.2, 0) is 4.79 Å². The van der Waals surface area contributed by atoms with Gasteiger partial charge in [-0.25, -0.2) is 0 Å². The predicted molar refractivity (Wildman–Crippen MR) is 132 cm³/mol. The molecular weight excluding hydrogens is 396 g/mol. The maximum atomic E-state index is 13.2. The minimum absolute atomic E-state index is 0.0168. The van der Waals surface area contributed by atoms with Crippen molar-refractivity contribution in [3.8, 4) is 0 Å². The summed E-state index contributed by atoms with van der Waals surface area (Å²) in [7, 11) is 0. The molecule has 148 valence electrons. The fourth-order valence-corrected chi connectivity index (χ4v) is 4.80. The van der Waals surface area contributed by atoms with Gasteiger partial charge in [0.15, 0.2) is 0 Å². The molecule has 5 aromatic rings. The molecule has 0 aliphatic heterocycles. The van der Waals surface area contributed by atoms with Crippen LogP contribution in [0.1, 0.15) is 11.1 Å². The molecule has 0 fully saturated rings. The highest BCUT2D eigenvalue weighted by molar-refractivity contribution is 8.14. The fraction of sp³-hybridized carbons (Fsp3) is 0. The first-order valence-electron chi connectivity index (χ1n) is 10.2. The van der Waals surface area contributed by atoms with Crippen molar-refractivity contribution in [2.24, 2.45) is 0 Å². The van der Waals surface area contributed by atoms with E-state index in [1.807, 2.05) is 78.9 Å². The zero-order valence-electron chi connectivity index (χ0n) is 16.9. The second kappa shape index (κ2) is 8.63. The molecule has 0 atom stereocenters. The van der Waals surface area contributed by atoms with Gasteiger partial charge in [-0.2, -0.15) is 0 Å². The Balaban J connectivity index is 1.58. The van der Waals surface area contributed by atoms with Crippen molar-refractivity contribution < 1.29 is 4.79 Å². The summed E-state index contributed by atoms with van der Waals surface area (Å²) in [6.07, 6.45) is 1.76. The van der Waals surface area contributed by atoms with Crippen molar-refractivity contribution in [3.05, 3.63) is 132 Å². The highest BCUT2D eigenvalue weighted by Gasteiger charge is 2.12. The highest BCUT2D eigenvalue weighted by Crippen LogP contribution is 2.35. The van der Waals surface area contributed by atoms with Gasteiger partial charge >= 0.3 is 0 Å². The molecule has 0 spiro atoms. The van der Waals surface area contributed by atoms with Crippen LogP contribution in [0.2, 0.25) is 0 Å². The molecule has 0 amide bonds. The van der Waals surface area contributed by atoms with Crippen LogP contribution in [0, 0.1) is 0 Å². The third-order valence-corrected chi connectivity index (χ3v) is 6.25. The van der Waals surface area contributed by atoms with Gasteiger partial charge in [0.1, 0.15) is 0 Å².